The van der Waals surface area contributed by atoms with Crippen molar-refractivity contribution in [1.82, 2.24) is 0 Å². The van der Waals surface area contributed by atoms with Crippen molar-refractivity contribution in [3.8, 4) is 0 Å². The van der Waals surface area contributed by atoms with Crippen LogP contribution in [0.15, 0.2) is 12.7 Å². The first-order valence-corrected chi connectivity index (χ1v) is 6.86. The van der Waals surface area contributed by atoms with Crippen LogP contribution < -0.4 is 0 Å². The molecule has 0 aliphatic carbocycles. The van der Waals surface area contributed by atoms with Crippen LogP contribution >= 0.6 is 0 Å². The fourth-order valence-electron chi connectivity index (χ4n) is 1.22. The molecule has 0 aromatic heterocycles. The Hall–Kier alpha value is -0.693. The third-order valence-electron chi connectivity index (χ3n) is 2.07. The van der Waals surface area contributed by atoms with Gasteiger partial charge in [0.2, 0.25) is 0 Å². The van der Waals surface area contributed by atoms with Crippen molar-refractivity contribution in [1.29, 1.82) is 0 Å². The summed E-state index contributed by atoms with van der Waals surface area (Å²) in [5.74, 6) is -0.463. The summed E-state index contributed by atoms with van der Waals surface area (Å²) in [5, 5.41) is 0. The highest BCUT2D eigenvalue weighted by atomic mass is 28.4. The van der Waals surface area contributed by atoms with Crippen molar-refractivity contribution >= 4 is 14.8 Å². The quantitative estimate of drug-likeness (QED) is 0.281. The molecule has 0 rings (SSSR count). The van der Waals surface area contributed by atoms with Crippen LogP contribution in [-0.2, 0) is 22.8 Å². The zero-order chi connectivity index (χ0) is 12.6. The topological polar surface area (TPSA) is 54.0 Å². The van der Waals surface area contributed by atoms with Gasteiger partial charge in [-0.15, -0.1) is 0 Å². The van der Waals surface area contributed by atoms with Crippen LogP contribution in [-0.4, -0.2) is 42.2 Å². The van der Waals surface area contributed by atoms with Gasteiger partial charge in [-0.05, 0) is 0 Å². The first-order chi connectivity index (χ1) is 7.52. The first kappa shape index (κ1) is 15.3. The van der Waals surface area contributed by atoms with E-state index in [2.05, 4.69) is 6.58 Å². The predicted octanol–water partition coefficient (Wildman–Crippen LogP) is 1.37. The largest absolute Gasteiger partial charge is 0.503 e. The molecule has 0 heterocycles. The maximum atomic E-state index is 10.8. The Morgan fingerprint density at radius 3 is 2.25 bits per heavy atom. The second-order valence-electron chi connectivity index (χ2n) is 3.39. The minimum atomic E-state index is -2.62. The van der Waals surface area contributed by atoms with Crippen molar-refractivity contribution in [3.05, 3.63) is 12.7 Å². The summed E-state index contributed by atoms with van der Waals surface area (Å²) in [5.41, 5.74) is 0.151. The summed E-state index contributed by atoms with van der Waals surface area (Å²) < 4.78 is 21.0. The number of carbonyl (C=O) groups is 1. The van der Waals surface area contributed by atoms with Crippen LogP contribution in [0.25, 0.3) is 0 Å². The smallest absolute Gasteiger partial charge is 0.460 e. The molecule has 0 saturated carbocycles. The Balaban J connectivity index is 4.03. The van der Waals surface area contributed by atoms with E-state index in [0.717, 1.165) is 6.08 Å². The van der Waals surface area contributed by atoms with Crippen LogP contribution in [0.3, 0.4) is 0 Å². The highest BCUT2D eigenvalue weighted by Gasteiger charge is 2.43. The molecule has 0 N–H and O–H groups in total. The minimum absolute atomic E-state index is 0.151. The van der Waals surface area contributed by atoms with Gasteiger partial charge in [-0.3, -0.25) is 0 Å². The summed E-state index contributed by atoms with van der Waals surface area (Å²) in [6, 6.07) is 0. The molecular weight excluding hydrogens is 228 g/mol. The van der Waals surface area contributed by atoms with Crippen LogP contribution in [0.2, 0.25) is 5.54 Å². The molecule has 5 nitrogen and oxygen atoms in total. The Kier molecular flexibility index (Phi) is 7.23. The second kappa shape index (κ2) is 7.56. The van der Waals surface area contributed by atoms with Gasteiger partial charge in [0.15, 0.2) is 0 Å². The lowest BCUT2D eigenvalue weighted by Gasteiger charge is -2.29. The lowest BCUT2D eigenvalue weighted by molar-refractivity contribution is -0.138. The van der Waals surface area contributed by atoms with Gasteiger partial charge in [0.25, 0.3) is 0 Å². The summed E-state index contributed by atoms with van der Waals surface area (Å²) in [7, 11) is 0.502. The lowest BCUT2D eigenvalue weighted by Crippen LogP contribution is -2.47. The van der Waals surface area contributed by atoms with Crippen molar-refractivity contribution in [3.63, 3.8) is 0 Å². The van der Waals surface area contributed by atoms with Crippen molar-refractivity contribution in [2.75, 3.05) is 27.4 Å². The monoisotopic (exact) mass is 248 g/mol. The van der Waals surface area contributed by atoms with Gasteiger partial charge in [0.1, 0.15) is 6.61 Å². The van der Waals surface area contributed by atoms with E-state index < -0.39 is 14.8 Å². The Morgan fingerprint density at radius 2 is 1.88 bits per heavy atom. The Labute approximate surface area is 97.7 Å². The third-order valence-corrected chi connectivity index (χ3v) is 5.23. The molecule has 94 valence electrons. The number of rotatable bonds is 8. The minimum Gasteiger partial charge on any atom is -0.460 e. The van der Waals surface area contributed by atoms with E-state index in [1.54, 1.807) is 14.2 Å². The van der Waals surface area contributed by atoms with Gasteiger partial charge in [-0.25, -0.2) is 4.79 Å². The summed E-state index contributed by atoms with van der Waals surface area (Å²) in [4.78, 5) is 10.8. The summed E-state index contributed by atoms with van der Waals surface area (Å²) >= 11 is 0. The average molecular weight is 248 g/mol. The molecule has 0 fully saturated rings. The van der Waals surface area contributed by atoms with E-state index in [4.69, 9.17) is 18.0 Å². The van der Waals surface area contributed by atoms with Gasteiger partial charge in [-0.2, -0.15) is 0 Å². The highest BCUT2D eigenvalue weighted by Crippen LogP contribution is 2.22. The van der Waals surface area contributed by atoms with E-state index in [1.165, 1.54) is 0 Å². The molecule has 0 saturated heterocycles. The maximum absolute atomic E-state index is 10.8. The molecule has 0 aromatic carbocycles. The fraction of sp³-hybridized carbons (Fsp3) is 0.700. The van der Waals surface area contributed by atoms with E-state index in [0.29, 0.717) is 0 Å². The summed E-state index contributed by atoms with van der Waals surface area (Å²) in [6.07, 6.45) is 1.11. The van der Waals surface area contributed by atoms with E-state index in [9.17, 15) is 4.79 Å². The maximum Gasteiger partial charge on any atom is 0.503 e. The van der Waals surface area contributed by atoms with Crippen molar-refractivity contribution < 1.29 is 22.8 Å². The number of ether oxygens (including phenoxy) is 1. The predicted molar refractivity (Wildman–Crippen MR) is 62.0 cm³/mol. The second-order valence-corrected chi connectivity index (χ2v) is 6.85. The van der Waals surface area contributed by atoms with Crippen LogP contribution in [0, 0.1) is 0 Å². The van der Waals surface area contributed by atoms with Gasteiger partial charge < -0.3 is 18.0 Å². The Morgan fingerprint density at radius 1 is 1.31 bits per heavy atom. The Bertz CT molecular complexity index is 225. The van der Waals surface area contributed by atoms with Crippen LogP contribution in [0.4, 0.5) is 0 Å². The molecule has 0 aromatic rings. The normalized spacial score (nSPS) is 11.6. The van der Waals surface area contributed by atoms with E-state index in [1.807, 2.05) is 13.8 Å². The molecule has 0 bridgehead atoms. The standard InChI is InChI=1S/C10H20O5Si/c1-6-10(11)14-7-8-15-16(12-4,13-5)9(2)3/h6,9H,1,7-8H2,2-5H3. The molecule has 0 amide bonds. The number of hydrogen-bond acceptors (Lipinski definition) is 5. The van der Waals surface area contributed by atoms with Crippen molar-refractivity contribution in [2.24, 2.45) is 0 Å². The molecular formula is C10H20O5Si. The third kappa shape index (κ3) is 4.44. The lowest BCUT2D eigenvalue weighted by atomic mass is 10.6. The number of esters is 1. The van der Waals surface area contributed by atoms with Crippen LogP contribution in [0.5, 0.6) is 0 Å². The van der Waals surface area contributed by atoms with Gasteiger partial charge in [0.05, 0.1) is 6.61 Å². The highest BCUT2D eigenvalue weighted by molar-refractivity contribution is 6.62. The number of hydrogen-bond donors (Lipinski definition) is 0. The fourth-order valence-corrected chi connectivity index (χ4v) is 3.27. The zero-order valence-corrected chi connectivity index (χ0v) is 11.3. The van der Waals surface area contributed by atoms with Gasteiger partial charge >= 0.3 is 14.8 Å². The average Bonchev–Trinajstić information content (AvgIpc) is 2.29. The molecule has 0 spiro atoms. The first-order valence-electron chi connectivity index (χ1n) is 5.05. The zero-order valence-electron chi connectivity index (χ0n) is 10.3. The molecule has 0 aliphatic rings. The van der Waals surface area contributed by atoms with Crippen molar-refractivity contribution in [2.45, 2.75) is 19.4 Å². The summed E-state index contributed by atoms with van der Waals surface area (Å²) in [6.45, 7) is 7.65. The molecule has 0 radical (unpaired) electrons. The molecule has 0 aliphatic heterocycles. The SMILES string of the molecule is C=CC(=O)OCCO[Si](OC)(OC)C(C)C. The van der Waals surface area contributed by atoms with Gasteiger partial charge in [0, 0.05) is 25.8 Å². The van der Waals surface area contributed by atoms with Crippen LogP contribution in [0.1, 0.15) is 13.8 Å². The molecule has 16 heavy (non-hydrogen) atoms. The van der Waals surface area contributed by atoms with E-state index >= 15 is 0 Å². The van der Waals surface area contributed by atoms with E-state index in [-0.39, 0.29) is 18.8 Å². The molecule has 6 heteroatoms. The number of carbonyl (C=O) groups excluding carboxylic acids is 1. The molecule has 0 atom stereocenters. The molecule has 0 unspecified atom stereocenters. The van der Waals surface area contributed by atoms with Gasteiger partial charge in [-0.1, -0.05) is 20.4 Å².